The average Bonchev–Trinajstić information content (AvgIpc) is 2.48. The number of pyridine rings is 1. The molecule has 2 aromatic rings. The third-order valence-corrected chi connectivity index (χ3v) is 3.48. The lowest BCUT2D eigenvalue weighted by atomic mass is 10.1. The number of aromatic nitrogens is 1. The first-order valence-corrected chi connectivity index (χ1v) is 6.96. The fraction of sp³-hybridized carbons (Fsp3) is 0.143. The van der Waals surface area contributed by atoms with Crippen LogP contribution in [0.1, 0.15) is 29.0 Å². The molecule has 4 N–H and O–H groups in total. The van der Waals surface area contributed by atoms with Crippen molar-refractivity contribution in [3.8, 4) is 0 Å². The summed E-state index contributed by atoms with van der Waals surface area (Å²) < 4.78 is 0. The molecule has 0 bridgehead atoms. The third kappa shape index (κ3) is 3.85. The van der Waals surface area contributed by atoms with Gasteiger partial charge in [-0.15, -0.1) is 0 Å². The minimum atomic E-state index is -0.375. The lowest BCUT2D eigenvalue weighted by Crippen LogP contribution is -2.28. The molecule has 0 aliphatic rings. The highest BCUT2D eigenvalue weighted by Crippen LogP contribution is 2.19. The van der Waals surface area contributed by atoms with Gasteiger partial charge in [0.15, 0.2) is 0 Å². The Balaban J connectivity index is 2.15. The fourth-order valence-electron chi connectivity index (χ4n) is 1.78. The Hall–Kier alpha value is -1.82. The molecule has 2 rings (SSSR count). The molecule has 0 saturated heterocycles. The molecule has 1 heterocycles. The van der Waals surface area contributed by atoms with Crippen molar-refractivity contribution in [2.24, 2.45) is 5.84 Å². The van der Waals surface area contributed by atoms with E-state index in [0.717, 1.165) is 5.56 Å². The molecule has 1 aromatic carbocycles. The van der Waals surface area contributed by atoms with Crippen LogP contribution in [0.25, 0.3) is 0 Å². The first-order chi connectivity index (χ1) is 10.0. The standard InChI is InChI=1S/C14H14Cl2N4O/c1-8(9-2-4-10(15)5-3-9)18-14(21)13-11(16)6-7-12(19-13)20-17/h2-8H,17H2,1H3,(H,18,21)(H,19,20). The number of hydrogen-bond acceptors (Lipinski definition) is 4. The van der Waals surface area contributed by atoms with Crippen LogP contribution in [0.15, 0.2) is 36.4 Å². The molecule has 1 aromatic heterocycles. The molecule has 21 heavy (non-hydrogen) atoms. The summed E-state index contributed by atoms with van der Waals surface area (Å²) in [6, 6.07) is 10.2. The summed E-state index contributed by atoms with van der Waals surface area (Å²) in [6.45, 7) is 1.86. The van der Waals surface area contributed by atoms with E-state index in [1.807, 2.05) is 19.1 Å². The Bertz CT molecular complexity index is 646. The second kappa shape index (κ2) is 6.76. The first kappa shape index (κ1) is 15.6. The number of carbonyl (C=O) groups excluding carboxylic acids is 1. The summed E-state index contributed by atoms with van der Waals surface area (Å²) in [5.41, 5.74) is 3.42. The third-order valence-electron chi connectivity index (χ3n) is 2.93. The van der Waals surface area contributed by atoms with E-state index < -0.39 is 0 Å². The zero-order chi connectivity index (χ0) is 15.4. The van der Waals surface area contributed by atoms with Crippen molar-refractivity contribution in [2.75, 3.05) is 5.43 Å². The van der Waals surface area contributed by atoms with E-state index in [9.17, 15) is 4.79 Å². The summed E-state index contributed by atoms with van der Waals surface area (Å²) >= 11 is 11.8. The summed E-state index contributed by atoms with van der Waals surface area (Å²) in [5.74, 6) is 5.26. The fourth-order valence-corrected chi connectivity index (χ4v) is 2.10. The zero-order valence-electron chi connectivity index (χ0n) is 11.2. The van der Waals surface area contributed by atoms with Gasteiger partial charge in [0.25, 0.3) is 5.91 Å². The number of nitrogens with zero attached hydrogens (tertiary/aromatic N) is 1. The summed E-state index contributed by atoms with van der Waals surface area (Å²) in [7, 11) is 0. The Morgan fingerprint density at radius 1 is 1.19 bits per heavy atom. The van der Waals surface area contributed by atoms with Gasteiger partial charge in [0.1, 0.15) is 11.5 Å². The van der Waals surface area contributed by atoms with Gasteiger partial charge in [-0.05, 0) is 36.8 Å². The van der Waals surface area contributed by atoms with Crippen LogP contribution >= 0.6 is 23.2 Å². The van der Waals surface area contributed by atoms with Crippen molar-refractivity contribution >= 4 is 34.9 Å². The number of nitrogen functional groups attached to an aromatic ring is 1. The summed E-state index contributed by atoms with van der Waals surface area (Å²) in [6.07, 6.45) is 0. The monoisotopic (exact) mass is 324 g/mol. The van der Waals surface area contributed by atoms with E-state index in [0.29, 0.717) is 10.8 Å². The molecule has 110 valence electrons. The highest BCUT2D eigenvalue weighted by Gasteiger charge is 2.16. The molecule has 0 spiro atoms. The Morgan fingerprint density at radius 3 is 2.48 bits per heavy atom. The highest BCUT2D eigenvalue weighted by atomic mass is 35.5. The van der Waals surface area contributed by atoms with Gasteiger partial charge in [0.2, 0.25) is 0 Å². The topological polar surface area (TPSA) is 80.0 Å². The van der Waals surface area contributed by atoms with Crippen LogP contribution in [0.5, 0.6) is 0 Å². The predicted octanol–water partition coefficient (Wildman–Crippen LogP) is 3.17. The van der Waals surface area contributed by atoms with Gasteiger partial charge >= 0.3 is 0 Å². The van der Waals surface area contributed by atoms with Gasteiger partial charge in [-0.1, -0.05) is 35.3 Å². The number of nitrogens with two attached hydrogens (primary N) is 1. The molecule has 0 aliphatic heterocycles. The van der Waals surface area contributed by atoms with Crippen LogP contribution in [0, 0.1) is 0 Å². The van der Waals surface area contributed by atoms with Gasteiger partial charge in [-0.2, -0.15) is 0 Å². The Labute approximate surface area is 132 Å². The molecule has 1 atom stereocenters. The van der Waals surface area contributed by atoms with Crippen LogP contribution in [0.2, 0.25) is 10.0 Å². The molecular weight excluding hydrogens is 311 g/mol. The number of hydrazine groups is 1. The largest absolute Gasteiger partial charge is 0.344 e. The molecule has 0 saturated carbocycles. The molecular formula is C14H14Cl2N4O. The number of amides is 1. The van der Waals surface area contributed by atoms with Gasteiger partial charge in [0, 0.05) is 5.02 Å². The first-order valence-electron chi connectivity index (χ1n) is 6.20. The Kier molecular flexibility index (Phi) is 5.01. The van der Waals surface area contributed by atoms with Crippen molar-refractivity contribution in [1.82, 2.24) is 10.3 Å². The quantitative estimate of drug-likeness (QED) is 0.596. The predicted molar refractivity (Wildman–Crippen MR) is 84.4 cm³/mol. The van der Waals surface area contributed by atoms with Crippen molar-refractivity contribution in [3.05, 3.63) is 57.7 Å². The average molecular weight is 325 g/mol. The molecule has 7 heteroatoms. The lowest BCUT2D eigenvalue weighted by Gasteiger charge is -2.15. The SMILES string of the molecule is CC(NC(=O)c1nc(NN)ccc1Cl)c1ccc(Cl)cc1. The molecule has 0 aliphatic carbocycles. The smallest absolute Gasteiger partial charge is 0.271 e. The summed E-state index contributed by atoms with van der Waals surface area (Å²) in [5, 5.41) is 3.73. The molecule has 0 fully saturated rings. The van der Waals surface area contributed by atoms with Gasteiger partial charge in [-0.3, -0.25) is 4.79 Å². The van der Waals surface area contributed by atoms with Crippen LogP contribution < -0.4 is 16.6 Å². The maximum Gasteiger partial charge on any atom is 0.271 e. The van der Waals surface area contributed by atoms with Crippen molar-refractivity contribution in [3.63, 3.8) is 0 Å². The van der Waals surface area contributed by atoms with Gasteiger partial charge in [-0.25, -0.2) is 10.8 Å². The normalized spacial score (nSPS) is 11.8. The number of rotatable bonds is 4. The number of benzene rings is 1. The minimum Gasteiger partial charge on any atom is -0.344 e. The molecule has 1 amide bonds. The van der Waals surface area contributed by atoms with E-state index in [1.54, 1.807) is 24.3 Å². The molecule has 1 unspecified atom stereocenters. The number of halogens is 2. The van der Waals surface area contributed by atoms with Crippen molar-refractivity contribution < 1.29 is 4.79 Å². The number of hydrogen-bond donors (Lipinski definition) is 3. The van der Waals surface area contributed by atoms with Gasteiger partial charge in [0.05, 0.1) is 11.1 Å². The highest BCUT2D eigenvalue weighted by molar-refractivity contribution is 6.33. The van der Waals surface area contributed by atoms with Crippen LogP contribution in [0.4, 0.5) is 5.82 Å². The zero-order valence-corrected chi connectivity index (χ0v) is 12.7. The molecule has 5 nitrogen and oxygen atoms in total. The second-order valence-electron chi connectivity index (χ2n) is 4.42. The Morgan fingerprint density at radius 2 is 1.86 bits per heavy atom. The van der Waals surface area contributed by atoms with Crippen LogP contribution in [0.3, 0.4) is 0 Å². The number of carbonyl (C=O) groups is 1. The van der Waals surface area contributed by atoms with E-state index in [1.165, 1.54) is 0 Å². The molecule has 0 radical (unpaired) electrons. The van der Waals surface area contributed by atoms with E-state index >= 15 is 0 Å². The van der Waals surface area contributed by atoms with Crippen molar-refractivity contribution in [1.29, 1.82) is 0 Å². The maximum atomic E-state index is 12.2. The summed E-state index contributed by atoms with van der Waals surface area (Å²) in [4.78, 5) is 16.3. The lowest BCUT2D eigenvalue weighted by molar-refractivity contribution is 0.0935. The van der Waals surface area contributed by atoms with Crippen molar-refractivity contribution in [2.45, 2.75) is 13.0 Å². The van der Waals surface area contributed by atoms with Crippen LogP contribution in [-0.4, -0.2) is 10.9 Å². The van der Waals surface area contributed by atoms with E-state index in [-0.39, 0.29) is 22.7 Å². The van der Waals surface area contributed by atoms with E-state index in [4.69, 9.17) is 29.0 Å². The number of nitrogens with one attached hydrogen (secondary N) is 2. The second-order valence-corrected chi connectivity index (χ2v) is 5.26. The van der Waals surface area contributed by atoms with E-state index in [2.05, 4.69) is 15.7 Å². The minimum absolute atomic E-state index is 0.118. The van der Waals surface area contributed by atoms with Gasteiger partial charge < -0.3 is 10.7 Å². The van der Waals surface area contributed by atoms with Crippen LogP contribution in [-0.2, 0) is 0 Å². The maximum absolute atomic E-state index is 12.2. The number of anilines is 1.